The van der Waals surface area contributed by atoms with Crippen LogP contribution in [-0.4, -0.2) is 18.4 Å². The summed E-state index contributed by atoms with van der Waals surface area (Å²) in [6, 6.07) is 7.05. The summed E-state index contributed by atoms with van der Waals surface area (Å²) in [5.74, 6) is -0.419. The maximum atomic E-state index is 11.9. The third-order valence-electron chi connectivity index (χ3n) is 2.95. The second kappa shape index (κ2) is 6.02. The molecule has 0 aliphatic heterocycles. The van der Waals surface area contributed by atoms with Crippen LogP contribution in [0.1, 0.15) is 25.3 Å². The monoisotopic (exact) mass is 278 g/mol. The lowest BCUT2D eigenvalue weighted by Gasteiger charge is -2.06. The van der Waals surface area contributed by atoms with Crippen LogP contribution in [0.15, 0.2) is 29.8 Å². The average molecular weight is 279 g/mol. The van der Waals surface area contributed by atoms with Gasteiger partial charge in [-0.05, 0) is 43.4 Å². The van der Waals surface area contributed by atoms with Gasteiger partial charge in [-0.2, -0.15) is 0 Å². The Kier molecular flexibility index (Phi) is 4.38. The molecular weight excluding hydrogens is 264 g/mol. The van der Waals surface area contributed by atoms with Crippen LogP contribution in [-0.2, 0) is 14.3 Å². The van der Waals surface area contributed by atoms with Gasteiger partial charge in [0, 0.05) is 5.02 Å². The van der Waals surface area contributed by atoms with Crippen LogP contribution in [0.5, 0.6) is 0 Å². The Balaban J connectivity index is 2.16. The van der Waals surface area contributed by atoms with Crippen molar-refractivity contribution in [3.05, 3.63) is 40.4 Å². The van der Waals surface area contributed by atoms with Gasteiger partial charge >= 0.3 is 5.97 Å². The molecule has 0 unspecified atom stereocenters. The fourth-order valence-corrected chi connectivity index (χ4v) is 1.80. The van der Waals surface area contributed by atoms with Gasteiger partial charge in [0.2, 0.25) is 0 Å². The number of hydrogen-bond acceptors (Lipinski definition) is 3. The minimum Gasteiger partial charge on any atom is -0.462 e. The van der Waals surface area contributed by atoms with E-state index in [1.54, 1.807) is 24.3 Å². The molecule has 3 nitrogen and oxygen atoms in total. The lowest BCUT2D eigenvalue weighted by Crippen LogP contribution is -2.15. The summed E-state index contributed by atoms with van der Waals surface area (Å²) in [4.78, 5) is 23.4. The van der Waals surface area contributed by atoms with E-state index in [4.69, 9.17) is 16.3 Å². The molecule has 100 valence electrons. The molecule has 1 saturated carbocycles. The molecule has 1 aromatic carbocycles. The number of ether oxygens (including phenoxy) is 1. The third kappa shape index (κ3) is 3.93. The van der Waals surface area contributed by atoms with Crippen LogP contribution < -0.4 is 0 Å². The molecule has 0 bridgehead atoms. The number of esters is 1. The van der Waals surface area contributed by atoms with Gasteiger partial charge in [0.05, 0.1) is 6.61 Å². The number of rotatable bonds is 5. The van der Waals surface area contributed by atoms with Crippen molar-refractivity contribution < 1.29 is 14.3 Å². The molecule has 4 heteroatoms. The van der Waals surface area contributed by atoms with Gasteiger partial charge in [-0.1, -0.05) is 29.8 Å². The first-order valence-corrected chi connectivity index (χ1v) is 6.60. The van der Waals surface area contributed by atoms with Crippen molar-refractivity contribution in [2.75, 3.05) is 6.61 Å². The molecule has 2 rings (SSSR count). The van der Waals surface area contributed by atoms with Crippen molar-refractivity contribution in [1.82, 2.24) is 0 Å². The topological polar surface area (TPSA) is 43.4 Å². The van der Waals surface area contributed by atoms with Crippen molar-refractivity contribution in [3.63, 3.8) is 0 Å². The number of Topliss-reactive ketones (excluding diaryl/α,β-unsaturated/α-hetero) is 1. The molecule has 0 radical (unpaired) electrons. The highest BCUT2D eigenvalue weighted by molar-refractivity contribution is 6.32. The highest BCUT2D eigenvalue weighted by Crippen LogP contribution is 2.29. The van der Waals surface area contributed by atoms with E-state index in [0.717, 1.165) is 12.8 Å². The molecule has 0 saturated heterocycles. The molecule has 1 aliphatic rings. The van der Waals surface area contributed by atoms with Crippen molar-refractivity contribution in [3.8, 4) is 0 Å². The van der Waals surface area contributed by atoms with Crippen LogP contribution in [0.25, 0.3) is 6.08 Å². The SMILES string of the molecule is CC(=O)/C(=C\c1ccccc1Cl)C(=O)OCC1CC1. The molecule has 0 N–H and O–H groups in total. The van der Waals surface area contributed by atoms with Crippen LogP contribution in [0.2, 0.25) is 5.02 Å². The summed E-state index contributed by atoms with van der Waals surface area (Å²) in [6.45, 7) is 1.74. The van der Waals surface area contributed by atoms with E-state index in [2.05, 4.69) is 0 Å². The van der Waals surface area contributed by atoms with E-state index >= 15 is 0 Å². The van der Waals surface area contributed by atoms with Crippen molar-refractivity contribution in [1.29, 1.82) is 0 Å². The standard InChI is InChI=1S/C15H15ClO3/c1-10(17)13(15(18)19-9-11-6-7-11)8-12-4-2-3-5-14(12)16/h2-5,8,11H,6-7,9H2,1H3/b13-8+. The normalized spacial score (nSPS) is 15.2. The Hall–Kier alpha value is -1.61. The first-order valence-electron chi connectivity index (χ1n) is 6.22. The van der Waals surface area contributed by atoms with Crippen molar-refractivity contribution in [2.24, 2.45) is 5.92 Å². The van der Waals surface area contributed by atoms with Gasteiger partial charge in [0.15, 0.2) is 5.78 Å². The number of carbonyl (C=O) groups excluding carboxylic acids is 2. The molecule has 1 aliphatic carbocycles. The fourth-order valence-electron chi connectivity index (χ4n) is 1.61. The first-order chi connectivity index (χ1) is 9.08. The number of ketones is 1. The third-order valence-corrected chi connectivity index (χ3v) is 3.30. The molecule has 0 aromatic heterocycles. The molecule has 0 amide bonds. The highest BCUT2D eigenvalue weighted by atomic mass is 35.5. The lowest BCUT2D eigenvalue weighted by atomic mass is 10.1. The number of carbonyl (C=O) groups is 2. The summed E-state index contributed by atoms with van der Waals surface area (Å²) < 4.78 is 5.13. The Morgan fingerprint density at radius 3 is 2.63 bits per heavy atom. The van der Waals surface area contributed by atoms with Gasteiger partial charge in [0.1, 0.15) is 5.57 Å². The van der Waals surface area contributed by atoms with E-state index in [9.17, 15) is 9.59 Å². The molecule has 0 heterocycles. The predicted octanol–water partition coefficient (Wildman–Crippen LogP) is 3.27. The van der Waals surface area contributed by atoms with E-state index in [1.165, 1.54) is 13.0 Å². The van der Waals surface area contributed by atoms with Crippen LogP contribution >= 0.6 is 11.6 Å². The van der Waals surface area contributed by atoms with Crippen LogP contribution in [0, 0.1) is 5.92 Å². The molecule has 1 fully saturated rings. The number of benzene rings is 1. The Bertz CT molecular complexity index is 530. The quantitative estimate of drug-likeness (QED) is 0.359. The van der Waals surface area contributed by atoms with Gasteiger partial charge in [-0.15, -0.1) is 0 Å². The Labute approximate surface area is 117 Å². The van der Waals surface area contributed by atoms with E-state index in [-0.39, 0.29) is 11.4 Å². The average Bonchev–Trinajstić information content (AvgIpc) is 3.18. The van der Waals surface area contributed by atoms with Gasteiger partial charge in [-0.25, -0.2) is 4.79 Å². The van der Waals surface area contributed by atoms with Crippen molar-refractivity contribution in [2.45, 2.75) is 19.8 Å². The fraction of sp³-hybridized carbons (Fsp3) is 0.333. The van der Waals surface area contributed by atoms with Crippen molar-refractivity contribution >= 4 is 29.4 Å². The summed E-state index contributed by atoms with van der Waals surface area (Å²) in [5, 5.41) is 0.497. The van der Waals surface area contributed by atoms with E-state index in [0.29, 0.717) is 23.1 Å². The molecule has 0 atom stereocenters. The summed E-state index contributed by atoms with van der Waals surface area (Å²) in [5.41, 5.74) is 0.673. The number of halogens is 1. The predicted molar refractivity (Wildman–Crippen MR) is 73.8 cm³/mol. The van der Waals surface area contributed by atoms with E-state index < -0.39 is 5.97 Å². The lowest BCUT2D eigenvalue weighted by molar-refractivity contribution is -0.140. The Morgan fingerprint density at radius 2 is 2.05 bits per heavy atom. The first kappa shape index (κ1) is 13.8. The van der Waals surface area contributed by atoms with Gasteiger partial charge in [0.25, 0.3) is 0 Å². The summed E-state index contributed by atoms with van der Waals surface area (Å²) in [7, 11) is 0. The van der Waals surface area contributed by atoms with Gasteiger partial charge in [-0.3, -0.25) is 4.79 Å². The molecular formula is C15H15ClO3. The molecule has 1 aromatic rings. The molecule has 0 spiro atoms. The maximum absolute atomic E-state index is 11.9. The van der Waals surface area contributed by atoms with Crippen LogP contribution in [0.3, 0.4) is 0 Å². The Morgan fingerprint density at radius 1 is 1.37 bits per heavy atom. The minimum atomic E-state index is -0.570. The summed E-state index contributed by atoms with van der Waals surface area (Å²) >= 11 is 6.01. The minimum absolute atomic E-state index is 0.0359. The zero-order valence-corrected chi connectivity index (χ0v) is 11.4. The second-order valence-electron chi connectivity index (χ2n) is 4.68. The zero-order valence-electron chi connectivity index (χ0n) is 10.7. The molecule has 19 heavy (non-hydrogen) atoms. The largest absolute Gasteiger partial charge is 0.462 e. The van der Waals surface area contributed by atoms with E-state index in [1.807, 2.05) is 0 Å². The zero-order chi connectivity index (χ0) is 13.8. The maximum Gasteiger partial charge on any atom is 0.341 e. The van der Waals surface area contributed by atoms with Gasteiger partial charge < -0.3 is 4.74 Å². The number of hydrogen-bond donors (Lipinski definition) is 0. The second-order valence-corrected chi connectivity index (χ2v) is 5.08. The highest BCUT2D eigenvalue weighted by Gasteiger charge is 2.25. The summed E-state index contributed by atoms with van der Waals surface area (Å²) in [6.07, 6.45) is 3.67. The smallest absolute Gasteiger partial charge is 0.341 e. The van der Waals surface area contributed by atoms with Crippen LogP contribution in [0.4, 0.5) is 0 Å².